The second-order valence-electron chi connectivity index (χ2n) is 23.8. The Bertz CT molecular complexity index is 1610. The summed E-state index contributed by atoms with van der Waals surface area (Å²) in [4.78, 5) is 38.4. The number of ether oxygens (including phenoxy) is 3. The fourth-order valence-electron chi connectivity index (χ4n) is 10.2. The highest BCUT2D eigenvalue weighted by atomic mass is 16.6. The molecule has 0 heterocycles. The molecule has 6 heteroatoms. The van der Waals surface area contributed by atoms with Crippen LogP contribution in [-0.2, 0) is 28.6 Å². The molecule has 0 radical (unpaired) electrons. The third-order valence-electron chi connectivity index (χ3n) is 15.6. The molecular weight excluding hydrogens is 1020 g/mol. The minimum atomic E-state index is -0.785. The van der Waals surface area contributed by atoms with Crippen molar-refractivity contribution >= 4 is 17.9 Å². The summed E-state index contributed by atoms with van der Waals surface area (Å²) in [5.41, 5.74) is 0. The Morgan fingerprint density at radius 2 is 0.470 bits per heavy atom. The normalized spacial score (nSPS) is 12.7. The molecule has 478 valence electrons. The Labute approximate surface area is 515 Å². The molecule has 0 aliphatic carbocycles. The van der Waals surface area contributed by atoms with Gasteiger partial charge in [0, 0.05) is 19.3 Å². The molecule has 0 aromatic heterocycles. The van der Waals surface area contributed by atoms with Crippen LogP contribution in [-0.4, -0.2) is 37.2 Å². The van der Waals surface area contributed by atoms with Gasteiger partial charge in [-0.15, -0.1) is 0 Å². The minimum absolute atomic E-state index is 0.0799. The van der Waals surface area contributed by atoms with Crippen LogP contribution >= 0.6 is 0 Å². The number of carbonyl (C=O) groups is 3. The van der Waals surface area contributed by atoms with E-state index in [2.05, 4.69) is 118 Å². The van der Waals surface area contributed by atoms with Gasteiger partial charge >= 0.3 is 17.9 Å². The predicted octanol–water partition coefficient (Wildman–Crippen LogP) is 24.8. The number of rotatable bonds is 65. The third kappa shape index (κ3) is 69.0. The molecule has 0 aromatic rings. The molecule has 0 aliphatic rings. The van der Waals surface area contributed by atoms with Crippen molar-refractivity contribution in [2.45, 2.75) is 361 Å². The first-order valence-electron chi connectivity index (χ1n) is 35.7. The molecule has 0 aromatic carbocycles. The molecule has 0 aliphatic heterocycles. The van der Waals surface area contributed by atoms with Crippen LogP contribution in [0.5, 0.6) is 0 Å². The van der Waals surface area contributed by atoms with Gasteiger partial charge in [-0.05, 0) is 103 Å². The van der Waals surface area contributed by atoms with Crippen LogP contribution in [0.4, 0.5) is 0 Å². The molecule has 0 fully saturated rings. The zero-order chi connectivity index (χ0) is 59.9. The lowest BCUT2D eigenvalue weighted by Gasteiger charge is -2.18. The van der Waals surface area contributed by atoms with Crippen molar-refractivity contribution in [3.63, 3.8) is 0 Å². The van der Waals surface area contributed by atoms with Gasteiger partial charge in [0.25, 0.3) is 0 Å². The van der Waals surface area contributed by atoms with E-state index >= 15 is 0 Å². The van der Waals surface area contributed by atoms with Crippen molar-refractivity contribution in [1.82, 2.24) is 0 Å². The van der Waals surface area contributed by atoms with Crippen LogP contribution in [0.2, 0.25) is 0 Å². The highest BCUT2D eigenvalue weighted by Crippen LogP contribution is 2.17. The number of hydrogen-bond acceptors (Lipinski definition) is 6. The topological polar surface area (TPSA) is 78.9 Å². The molecule has 0 bridgehead atoms. The van der Waals surface area contributed by atoms with Crippen molar-refractivity contribution in [2.75, 3.05) is 13.2 Å². The average Bonchev–Trinajstić information content (AvgIpc) is 3.48. The zero-order valence-corrected chi connectivity index (χ0v) is 54.9. The van der Waals surface area contributed by atoms with Crippen molar-refractivity contribution in [3.05, 3.63) is 97.2 Å². The van der Waals surface area contributed by atoms with Gasteiger partial charge in [0.2, 0.25) is 0 Å². The van der Waals surface area contributed by atoms with Gasteiger partial charge in [-0.1, -0.05) is 330 Å². The Morgan fingerprint density at radius 3 is 0.735 bits per heavy atom. The lowest BCUT2D eigenvalue weighted by atomic mass is 10.0. The van der Waals surface area contributed by atoms with E-state index in [1.807, 2.05) is 0 Å². The summed E-state index contributed by atoms with van der Waals surface area (Å²) in [7, 11) is 0. The summed E-state index contributed by atoms with van der Waals surface area (Å²) in [6, 6.07) is 0. The highest BCUT2D eigenvalue weighted by molar-refractivity contribution is 5.71. The molecule has 0 rings (SSSR count). The first-order valence-corrected chi connectivity index (χ1v) is 35.7. The maximum absolute atomic E-state index is 12.9. The summed E-state index contributed by atoms with van der Waals surface area (Å²) in [6.07, 6.45) is 95.8. The number of esters is 3. The van der Waals surface area contributed by atoms with E-state index in [0.717, 1.165) is 116 Å². The van der Waals surface area contributed by atoms with E-state index in [1.165, 1.54) is 199 Å². The monoisotopic (exact) mass is 1160 g/mol. The minimum Gasteiger partial charge on any atom is -0.462 e. The molecule has 6 nitrogen and oxygen atoms in total. The molecule has 0 saturated carbocycles. The van der Waals surface area contributed by atoms with Crippen LogP contribution in [0.1, 0.15) is 355 Å². The molecular formula is C77H134O6. The second-order valence-corrected chi connectivity index (χ2v) is 23.8. The first kappa shape index (κ1) is 79.3. The van der Waals surface area contributed by atoms with E-state index in [-0.39, 0.29) is 31.1 Å². The Morgan fingerprint density at radius 1 is 0.253 bits per heavy atom. The average molecular weight is 1160 g/mol. The zero-order valence-electron chi connectivity index (χ0n) is 54.9. The number of allylic oxidation sites excluding steroid dienone is 16. The summed E-state index contributed by atoms with van der Waals surface area (Å²) < 4.78 is 17.0. The third-order valence-corrected chi connectivity index (χ3v) is 15.6. The predicted molar refractivity (Wildman–Crippen MR) is 362 cm³/mol. The molecule has 83 heavy (non-hydrogen) atoms. The van der Waals surface area contributed by atoms with Gasteiger partial charge in [-0.2, -0.15) is 0 Å². The van der Waals surface area contributed by atoms with Gasteiger partial charge < -0.3 is 14.2 Å². The van der Waals surface area contributed by atoms with Crippen molar-refractivity contribution < 1.29 is 28.6 Å². The Hall–Kier alpha value is -3.67. The summed E-state index contributed by atoms with van der Waals surface area (Å²) in [5, 5.41) is 0. The molecule has 0 spiro atoms. The van der Waals surface area contributed by atoms with Crippen LogP contribution in [0.3, 0.4) is 0 Å². The van der Waals surface area contributed by atoms with Crippen LogP contribution in [0, 0.1) is 0 Å². The summed E-state index contributed by atoms with van der Waals surface area (Å²) >= 11 is 0. The molecule has 1 atom stereocenters. The SMILES string of the molecule is CC/C=C\C/C=C\C/C=C\C/C=C\C/C=C\C/C=C\CCCCCCCCC(=O)OC(COC(=O)CCCCCCCCCCCCC)COC(=O)CCCCCCCCCCCCCCCCCCC/C=C\C/C=C\CCCCCCC. The van der Waals surface area contributed by atoms with Gasteiger partial charge in [-0.3, -0.25) is 14.4 Å². The number of hydrogen-bond donors (Lipinski definition) is 0. The maximum Gasteiger partial charge on any atom is 0.306 e. The van der Waals surface area contributed by atoms with Crippen LogP contribution in [0.25, 0.3) is 0 Å². The van der Waals surface area contributed by atoms with Gasteiger partial charge in [0.05, 0.1) is 0 Å². The van der Waals surface area contributed by atoms with E-state index in [1.54, 1.807) is 0 Å². The fraction of sp³-hybridized carbons (Fsp3) is 0.753. The quantitative estimate of drug-likeness (QED) is 0.0261. The lowest BCUT2D eigenvalue weighted by molar-refractivity contribution is -0.167. The van der Waals surface area contributed by atoms with E-state index in [9.17, 15) is 14.4 Å². The van der Waals surface area contributed by atoms with Crippen LogP contribution < -0.4 is 0 Å². The van der Waals surface area contributed by atoms with Gasteiger partial charge in [0.1, 0.15) is 13.2 Å². The van der Waals surface area contributed by atoms with Crippen molar-refractivity contribution in [3.8, 4) is 0 Å². The summed E-state index contributed by atoms with van der Waals surface area (Å²) in [6.45, 7) is 6.54. The van der Waals surface area contributed by atoms with Gasteiger partial charge in [0.15, 0.2) is 6.10 Å². The fourth-order valence-corrected chi connectivity index (χ4v) is 10.2. The van der Waals surface area contributed by atoms with Gasteiger partial charge in [-0.25, -0.2) is 0 Å². The van der Waals surface area contributed by atoms with E-state index in [4.69, 9.17) is 14.2 Å². The highest BCUT2D eigenvalue weighted by Gasteiger charge is 2.19. The second kappa shape index (κ2) is 70.8. The first-order chi connectivity index (χ1) is 41.0. The Kier molecular flexibility index (Phi) is 67.7. The van der Waals surface area contributed by atoms with Crippen molar-refractivity contribution in [1.29, 1.82) is 0 Å². The van der Waals surface area contributed by atoms with E-state index < -0.39 is 6.10 Å². The smallest absolute Gasteiger partial charge is 0.306 e. The van der Waals surface area contributed by atoms with Crippen molar-refractivity contribution in [2.24, 2.45) is 0 Å². The van der Waals surface area contributed by atoms with Crippen LogP contribution in [0.15, 0.2) is 97.2 Å². The number of carbonyl (C=O) groups excluding carboxylic acids is 3. The molecule has 0 saturated heterocycles. The maximum atomic E-state index is 12.9. The lowest BCUT2D eigenvalue weighted by Crippen LogP contribution is -2.30. The molecule has 0 N–H and O–H groups in total. The van der Waals surface area contributed by atoms with E-state index in [0.29, 0.717) is 19.3 Å². The number of unbranched alkanes of at least 4 members (excludes halogenated alkanes) is 38. The summed E-state index contributed by atoms with van der Waals surface area (Å²) in [5.74, 6) is -0.879. The molecule has 0 amide bonds. The Balaban J connectivity index is 4.23. The standard InChI is InChI=1S/C77H134O6/c1-4-7-10-13-16-19-22-24-26-28-30-32-34-36-37-38-39-41-42-44-46-48-50-52-55-58-61-64-67-70-76(79)82-73-74(72-81-75(78)69-66-63-60-57-54-21-18-15-12-9-6-3)83-77(80)71-68-65-62-59-56-53-51-49-47-45-43-40-35-33-31-29-27-25-23-20-17-14-11-8-5-2/h8,11,17,20,22,24-25,27-28,30-31,33,40,43,47,49,74H,4-7,9-10,12-16,18-19,21,23,26,29,32,34-39,41-42,44-46,48,50-73H2,1-3H3/b11-8-,20-17-,24-22-,27-25-,30-28-,33-31-,43-40-,49-47-. The molecule has 1 unspecified atom stereocenters. The largest absolute Gasteiger partial charge is 0.462 e.